The number of carbonyl (C=O) groups excluding carboxylic acids is 2. The maximum atomic E-state index is 12.9. The number of carbonyl (C=O) groups is 2. The Morgan fingerprint density at radius 3 is 2.36 bits per heavy atom. The first-order valence-corrected chi connectivity index (χ1v) is 9.89. The van der Waals surface area contributed by atoms with Crippen LogP contribution in [0.2, 0.25) is 0 Å². The fourth-order valence-electron chi connectivity index (χ4n) is 4.12. The van der Waals surface area contributed by atoms with Crippen molar-refractivity contribution in [3.05, 3.63) is 58.9 Å². The molecule has 1 aromatic heterocycles. The zero-order valence-corrected chi connectivity index (χ0v) is 16.4. The van der Waals surface area contributed by atoms with E-state index in [9.17, 15) is 9.59 Å². The minimum atomic E-state index is -0.0842. The molecule has 0 radical (unpaired) electrons. The molecule has 2 aliphatic rings. The van der Waals surface area contributed by atoms with Crippen molar-refractivity contribution in [1.82, 2.24) is 15.2 Å². The molecule has 0 spiro atoms. The van der Waals surface area contributed by atoms with Gasteiger partial charge in [0.15, 0.2) is 0 Å². The van der Waals surface area contributed by atoms with E-state index in [1.807, 2.05) is 49.1 Å². The highest BCUT2D eigenvalue weighted by molar-refractivity contribution is 5.94. The van der Waals surface area contributed by atoms with Gasteiger partial charge in [-0.15, -0.1) is 0 Å². The van der Waals surface area contributed by atoms with Gasteiger partial charge >= 0.3 is 0 Å². The minimum Gasteiger partial charge on any atom is -0.367 e. The van der Waals surface area contributed by atoms with Crippen LogP contribution in [0.5, 0.6) is 0 Å². The average molecular weight is 378 g/mol. The number of amides is 2. The van der Waals surface area contributed by atoms with Gasteiger partial charge in [0.05, 0.1) is 17.3 Å². The fourth-order valence-corrected chi connectivity index (χ4v) is 4.12. The maximum Gasteiger partial charge on any atom is 0.253 e. The van der Waals surface area contributed by atoms with Crippen LogP contribution >= 0.6 is 0 Å². The summed E-state index contributed by atoms with van der Waals surface area (Å²) in [6, 6.07) is 11.7. The standard InChI is InChI=1S/C22H26N4O2/c1-15-3-8-20(16(2)24-15)25-11-13-26(14-12-25)22(28)18-6-4-17(5-7-18)19-9-10-23-21(19)27/h3-8,19H,9-14H2,1-2H3,(H,23,27). The molecule has 1 N–H and O–H groups in total. The van der Waals surface area contributed by atoms with Crippen molar-refractivity contribution in [2.24, 2.45) is 0 Å². The van der Waals surface area contributed by atoms with Crippen molar-refractivity contribution in [2.45, 2.75) is 26.2 Å². The molecule has 4 rings (SSSR count). The molecule has 6 heteroatoms. The van der Waals surface area contributed by atoms with Gasteiger partial charge in [-0.3, -0.25) is 14.6 Å². The normalized spacial score (nSPS) is 19.6. The Kier molecular flexibility index (Phi) is 5.03. The summed E-state index contributed by atoms with van der Waals surface area (Å²) < 4.78 is 0. The first kappa shape index (κ1) is 18.5. The topological polar surface area (TPSA) is 65.5 Å². The Hall–Kier alpha value is -2.89. The summed E-state index contributed by atoms with van der Waals surface area (Å²) in [6.45, 7) is 7.75. The second kappa shape index (κ2) is 7.62. The molecule has 0 bridgehead atoms. The third-order valence-electron chi connectivity index (χ3n) is 5.71. The third kappa shape index (κ3) is 3.59. The van der Waals surface area contributed by atoms with E-state index >= 15 is 0 Å². The van der Waals surface area contributed by atoms with Gasteiger partial charge in [-0.1, -0.05) is 12.1 Å². The molecule has 146 valence electrons. The molecule has 2 aliphatic heterocycles. The van der Waals surface area contributed by atoms with Gasteiger partial charge in [0.1, 0.15) is 0 Å². The van der Waals surface area contributed by atoms with E-state index in [0.29, 0.717) is 18.7 Å². The number of hydrogen-bond donors (Lipinski definition) is 1. The molecule has 2 fully saturated rings. The van der Waals surface area contributed by atoms with E-state index in [2.05, 4.69) is 21.3 Å². The predicted octanol–water partition coefficient (Wildman–Crippen LogP) is 2.26. The number of aromatic nitrogens is 1. The first-order chi connectivity index (χ1) is 13.5. The SMILES string of the molecule is Cc1ccc(N2CCN(C(=O)c3ccc(C4CCNC4=O)cc3)CC2)c(C)n1. The van der Waals surface area contributed by atoms with Gasteiger partial charge in [-0.25, -0.2) is 0 Å². The Bertz CT molecular complexity index is 886. The molecule has 3 heterocycles. The number of aryl methyl sites for hydroxylation is 2. The molecule has 1 unspecified atom stereocenters. The second-order valence-corrected chi connectivity index (χ2v) is 7.59. The largest absolute Gasteiger partial charge is 0.367 e. The van der Waals surface area contributed by atoms with Crippen LogP contribution < -0.4 is 10.2 Å². The highest BCUT2D eigenvalue weighted by atomic mass is 16.2. The van der Waals surface area contributed by atoms with E-state index in [0.717, 1.165) is 48.7 Å². The van der Waals surface area contributed by atoms with Gasteiger partial charge in [0.2, 0.25) is 5.91 Å². The number of nitrogens with one attached hydrogen (secondary N) is 1. The Balaban J connectivity index is 1.39. The summed E-state index contributed by atoms with van der Waals surface area (Å²) in [4.78, 5) is 33.5. The van der Waals surface area contributed by atoms with Crippen molar-refractivity contribution in [2.75, 3.05) is 37.6 Å². The number of rotatable bonds is 3. The average Bonchev–Trinajstić information content (AvgIpc) is 3.14. The summed E-state index contributed by atoms with van der Waals surface area (Å²) >= 11 is 0. The van der Waals surface area contributed by atoms with Crippen LogP contribution in [-0.4, -0.2) is 54.4 Å². The van der Waals surface area contributed by atoms with Crippen LogP contribution in [0.4, 0.5) is 5.69 Å². The molecule has 28 heavy (non-hydrogen) atoms. The van der Waals surface area contributed by atoms with Gasteiger partial charge in [-0.05, 0) is 50.1 Å². The first-order valence-electron chi connectivity index (χ1n) is 9.89. The molecule has 2 amide bonds. The fraction of sp³-hybridized carbons (Fsp3) is 0.409. The summed E-state index contributed by atoms with van der Waals surface area (Å²) in [5.74, 6) is 0.0518. The van der Waals surface area contributed by atoms with E-state index in [1.165, 1.54) is 0 Å². The number of nitrogens with zero attached hydrogens (tertiary/aromatic N) is 3. The molecule has 0 aliphatic carbocycles. The van der Waals surface area contributed by atoms with E-state index in [-0.39, 0.29) is 17.7 Å². The second-order valence-electron chi connectivity index (χ2n) is 7.59. The predicted molar refractivity (Wildman–Crippen MR) is 109 cm³/mol. The van der Waals surface area contributed by atoms with Crippen molar-refractivity contribution >= 4 is 17.5 Å². The summed E-state index contributed by atoms with van der Waals surface area (Å²) in [6.07, 6.45) is 0.821. The number of pyridine rings is 1. The van der Waals surface area contributed by atoms with Crippen molar-refractivity contribution in [3.63, 3.8) is 0 Å². The van der Waals surface area contributed by atoms with Crippen LogP contribution in [0.3, 0.4) is 0 Å². The smallest absolute Gasteiger partial charge is 0.253 e. The Morgan fingerprint density at radius 1 is 1.04 bits per heavy atom. The van der Waals surface area contributed by atoms with Gasteiger partial charge in [0, 0.05) is 44.0 Å². The van der Waals surface area contributed by atoms with Crippen molar-refractivity contribution in [1.29, 1.82) is 0 Å². The van der Waals surface area contributed by atoms with E-state index in [1.54, 1.807) is 0 Å². The Labute approximate surface area is 165 Å². The zero-order valence-electron chi connectivity index (χ0n) is 16.4. The van der Waals surface area contributed by atoms with Gasteiger partial charge in [-0.2, -0.15) is 0 Å². The van der Waals surface area contributed by atoms with Crippen LogP contribution in [0.1, 0.15) is 39.6 Å². The summed E-state index contributed by atoms with van der Waals surface area (Å²) in [5.41, 5.74) is 4.87. The number of piperazine rings is 1. The zero-order chi connectivity index (χ0) is 19.7. The lowest BCUT2D eigenvalue weighted by Crippen LogP contribution is -2.49. The summed E-state index contributed by atoms with van der Waals surface area (Å²) in [5, 5.41) is 2.86. The lowest BCUT2D eigenvalue weighted by Gasteiger charge is -2.36. The highest BCUT2D eigenvalue weighted by Gasteiger charge is 2.27. The third-order valence-corrected chi connectivity index (χ3v) is 5.71. The lowest BCUT2D eigenvalue weighted by atomic mass is 9.96. The molecule has 1 atom stereocenters. The molecule has 1 aromatic carbocycles. The highest BCUT2D eigenvalue weighted by Crippen LogP contribution is 2.25. The molecule has 2 aromatic rings. The molecule has 2 saturated heterocycles. The van der Waals surface area contributed by atoms with Gasteiger partial charge < -0.3 is 15.1 Å². The van der Waals surface area contributed by atoms with E-state index < -0.39 is 0 Å². The van der Waals surface area contributed by atoms with Crippen LogP contribution in [0, 0.1) is 13.8 Å². The van der Waals surface area contributed by atoms with E-state index in [4.69, 9.17) is 0 Å². The number of benzene rings is 1. The molecule has 0 saturated carbocycles. The van der Waals surface area contributed by atoms with Crippen LogP contribution in [0.15, 0.2) is 36.4 Å². The number of hydrogen-bond acceptors (Lipinski definition) is 4. The van der Waals surface area contributed by atoms with Crippen LogP contribution in [-0.2, 0) is 4.79 Å². The lowest BCUT2D eigenvalue weighted by molar-refractivity contribution is -0.120. The maximum absolute atomic E-state index is 12.9. The van der Waals surface area contributed by atoms with Crippen LogP contribution in [0.25, 0.3) is 0 Å². The van der Waals surface area contributed by atoms with Crippen molar-refractivity contribution in [3.8, 4) is 0 Å². The molecular weight excluding hydrogens is 352 g/mol. The quantitative estimate of drug-likeness (QED) is 0.890. The summed E-state index contributed by atoms with van der Waals surface area (Å²) in [7, 11) is 0. The number of anilines is 1. The molecule has 6 nitrogen and oxygen atoms in total. The minimum absolute atomic E-state index is 0.0563. The molecular formula is C22H26N4O2. The Morgan fingerprint density at radius 2 is 1.75 bits per heavy atom. The monoisotopic (exact) mass is 378 g/mol. The van der Waals surface area contributed by atoms with Crippen molar-refractivity contribution < 1.29 is 9.59 Å². The van der Waals surface area contributed by atoms with Gasteiger partial charge in [0.25, 0.3) is 5.91 Å².